The number of hydrogen-bond acceptors (Lipinski definition) is 5. The van der Waals surface area contributed by atoms with Crippen LogP contribution in [-0.4, -0.2) is 25.5 Å². The third-order valence-corrected chi connectivity index (χ3v) is 3.96. The molecular weight excluding hydrogens is 375 g/mol. The number of methoxy groups -OCH3 is 1. The highest BCUT2D eigenvalue weighted by Crippen LogP contribution is 2.29. The lowest BCUT2D eigenvalue weighted by atomic mass is 10.1. The first-order chi connectivity index (χ1) is 14.0. The van der Waals surface area contributed by atoms with Gasteiger partial charge in [0, 0.05) is 6.54 Å². The molecule has 0 saturated heterocycles. The molecule has 0 aliphatic rings. The Morgan fingerprint density at radius 2 is 1.90 bits per heavy atom. The van der Waals surface area contributed by atoms with Crippen LogP contribution in [0.3, 0.4) is 0 Å². The molecule has 7 heteroatoms. The molecule has 0 atom stereocenters. The number of benzene rings is 2. The first kappa shape index (κ1) is 21.6. The monoisotopic (exact) mass is 396 g/mol. The minimum absolute atomic E-state index is 0.0424. The Morgan fingerprint density at radius 3 is 2.52 bits per heavy atom. The van der Waals surface area contributed by atoms with Crippen LogP contribution in [0.1, 0.15) is 35.7 Å². The van der Waals surface area contributed by atoms with Crippen molar-refractivity contribution in [3.8, 4) is 17.6 Å². The fourth-order valence-electron chi connectivity index (χ4n) is 2.39. The van der Waals surface area contributed by atoms with Crippen LogP contribution in [0.2, 0.25) is 0 Å². The largest absolute Gasteiger partial charge is 0.493 e. The second-order valence-electron chi connectivity index (χ2n) is 6.09. The van der Waals surface area contributed by atoms with Crippen LogP contribution >= 0.6 is 0 Å². The van der Waals surface area contributed by atoms with Crippen molar-refractivity contribution in [3.63, 3.8) is 0 Å². The maximum atomic E-state index is 13.0. The molecule has 150 valence electrons. The Morgan fingerprint density at radius 1 is 1.17 bits per heavy atom. The Labute approximate surface area is 168 Å². The number of nitrogens with one attached hydrogen (secondary N) is 1. The van der Waals surface area contributed by atoms with Crippen molar-refractivity contribution in [2.75, 3.05) is 13.7 Å². The molecule has 0 aliphatic heterocycles. The van der Waals surface area contributed by atoms with Gasteiger partial charge in [-0.05, 0) is 54.5 Å². The molecule has 0 heterocycles. The topological polar surface area (TPSA) is 88.4 Å². The van der Waals surface area contributed by atoms with Gasteiger partial charge in [0.15, 0.2) is 11.5 Å². The second-order valence-corrected chi connectivity index (χ2v) is 6.09. The van der Waals surface area contributed by atoms with Gasteiger partial charge in [0.25, 0.3) is 5.91 Å². The summed E-state index contributed by atoms with van der Waals surface area (Å²) in [4.78, 5) is 24.3. The summed E-state index contributed by atoms with van der Waals surface area (Å²) < 4.78 is 23.5. The van der Waals surface area contributed by atoms with E-state index in [-0.39, 0.29) is 22.6 Å². The van der Waals surface area contributed by atoms with Crippen LogP contribution in [0.15, 0.2) is 48.0 Å². The van der Waals surface area contributed by atoms with E-state index in [1.165, 1.54) is 31.4 Å². The highest BCUT2D eigenvalue weighted by Gasteiger charge is 2.14. The number of nitriles is 1. The average molecular weight is 396 g/mol. The molecule has 2 aromatic carbocycles. The van der Waals surface area contributed by atoms with Crippen molar-refractivity contribution in [1.29, 1.82) is 5.26 Å². The van der Waals surface area contributed by atoms with Gasteiger partial charge in [0.1, 0.15) is 17.5 Å². The number of rotatable bonds is 8. The first-order valence-electron chi connectivity index (χ1n) is 9.04. The number of amides is 1. The number of nitrogens with zero attached hydrogens (tertiary/aromatic N) is 1. The van der Waals surface area contributed by atoms with Gasteiger partial charge >= 0.3 is 5.97 Å². The quantitative estimate of drug-likeness (QED) is 0.241. The lowest BCUT2D eigenvalue weighted by molar-refractivity contribution is -0.117. The Bertz CT molecular complexity index is 946. The molecule has 0 aromatic heterocycles. The SMILES string of the molecule is CCCCNC(=O)/C(C#N)=C/c1ccc(OC(=O)c2ccc(F)cc2)c(OC)c1. The number of ether oxygens (including phenoxy) is 2. The van der Waals surface area contributed by atoms with Gasteiger partial charge in [0.2, 0.25) is 0 Å². The van der Waals surface area contributed by atoms with E-state index in [2.05, 4.69) is 5.32 Å². The van der Waals surface area contributed by atoms with Gasteiger partial charge in [-0.15, -0.1) is 0 Å². The Hall–Kier alpha value is -3.66. The number of unbranched alkanes of at least 4 members (excludes halogenated alkanes) is 1. The van der Waals surface area contributed by atoms with Crippen LogP contribution < -0.4 is 14.8 Å². The predicted molar refractivity (Wildman–Crippen MR) is 106 cm³/mol. The van der Waals surface area contributed by atoms with Gasteiger partial charge in [-0.2, -0.15) is 5.26 Å². The summed E-state index contributed by atoms with van der Waals surface area (Å²) in [5, 5.41) is 11.9. The molecule has 0 saturated carbocycles. The van der Waals surface area contributed by atoms with E-state index in [0.717, 1.165) is 25.0 Å². The van der Waals surface area contributed by atoms with Crippen LogP contribution in [0.4, 0.5) is 4.39 Å². The van der Waals surface area contributed by atoms with Crippen LogP contribution in [-0.2, 0) is 4.79 Å². The van der Waals surface area contributed by atoms with Crippen molar-refractivity contribution in [1.82, 2.24) is 5.32 Å². The minimum atomic E-state index is -0.667. The molecule has 6 nitrogen and oxygen atoms in total. The maximum absolute atomic E-state index is 13.0. The lowest BCUT2D eigenvalue weighted by Gasteiger charge is -2.10. The van der Waals surface area contributed by atoms with E-state index in [1.807, 2.05) is 13.0 Å². The molecule has 1 amide bonds. The lowest BCUT2D eigenvalue weighted by Crippen LogP contribution is -2.25. The number of hydrogen-bond donors (Lipinski definition) is 1. The first-order valence-corrected chi connectivity index (χ1v) is 9.04. The van der Waals surface area contributed by atoms with Crippen molar-refractivity contribution in [2.24, 2.45) is 0 Å². The van der Waals surface area contributed by atoms with Gasteiger partial charge in [0.05, 0.1) is 12.7 Å². The van der Waals surface area contributed by atoms with Crippen molar-refractivity contribution in [2.45, 2.75) is 19.8 Å². The zero-order valence-electron chi connectivity index (χ0n) is 16.2. The summed E-state index contributed by atoms with van der Waals surface area (Å²) in [5.74, 6) is -1.17. The zero-order valence-corrected chi connectivity index (χ0v) is 16.2. The van der Waals surface area contributed by atoms with Gasteiger partial charge < -0.3 is 14.8 Å². The molecule has 0 spiro atoms. The Balaban J connectivity index is 2.18. The third-order valence-electron chi connectivity index (χ3n) is 3.96. The van der Waals surface area contributed by atoms with Crippen LogP contribution in [0.25, 0.3) is 6.08 Å². The van der Waals surface area contributed by atoms with Crippen molar-refractivity contribution >= 4 is 18.0 Å². The van der Waals surface area contributed by atoms with E-state index in [1.54, 1.807) is 12.1 Å². The molecule has 0 aliphatic carbocycles. The van der Waals surface area contributed by atoms with Crippen molar-refractivity contribution in [3.05, 3.63) is 65.0 Å². The summed E-state index contributed by atoms with van der Waals surface area (Å²) in [6.45, 7) is 2.50. The van der Waals surface area contributed by atoms with E-state index < -0.39 is 17.7 Å². The molecule has 29 heavy (non-hydrogen) atoms. The molecule has 0 bridgehead atoms. The van der Waals surface area contributed by atoms with E-state index >= 15 is 0 Å². The highest BCUT2D eigenvalue weighted by molar-refractivity contribution is 6.01. The van der Waals surface area contributed by atoms with Crippen molar-refractivity contribution < 1.29 is 23.5 Å². The van der Waals surface area contributed by atoms with Crippen LogP contribution in [0, 0.1) is 17.1 Å². The van der Waals surface area contributed by atoms with Gasteiger partial charge in [-0.1, -0.05) is 19.4 Å². The minimum Gasteiger partial charge on any atom is -0.493 e. The zero-order chi connectivity index (χ0) is 21.2. The second kappa shape index (κ2) is 10.6. The summed E-state index contributed by atoms with van der Waals surface area (Å²) in [7, 11) is 1.40. The van der Waals surface area contributed by atoms with Gasteiger partial charge in [-0.3, -0.25) is 4.79 Å². The fraction of sp³-hybridized carbons (Fsp3) is 0.227. The van der Waals surface area contributed by atoms with Gasteiger partial charge in [-0.25, -0.2) is 9.18 Å². The average Bonchev–Trinajstić information content (AvgIpc) is 2.73. The molecule has 1 N–H and O–H groups in total. The number of esters is 1. The summed E-state index contributed by atoms with van der Waals surface area (Å²) >= 11 is 0. The summed E-state index contributed by atoms with van der Waals surface area (Å²) in [6, 6.07) is 11.5. The molecule has 0 fully saturated rings. The third kappa shape index (κ3) is 6.18. The molecule has 0 unspecified atom stereocenters. The number of halogens is 1. The highest BCUT2D eigenvalue weighted by atomic mass is 19.1. The van der Waals surface area contributed by atoms with E-state index in [4.69, 9.17) is 9.47 Å². The summed E-state index contributed by atoms with van der Waals surface area (Å²) in [5.41, 5.74) is 0.678. The van der Waals surface area contributed by atoms with E-state index in [9.17, 15) is 19.2 Å². The summed E-state index contributed by atoms with van der Waals surface area (Å²) in [6.07, 6.45) is 3.18. The van der Waals surface area contributed by atoms with E-state index in [0.29, 0.717) is 12.1 Å². The standard InChI is InChI=1S/C22H21FN2O4/c1-3-4-11-25-21(26)17(14-24)12-15-5-10-19(20(13-15)28-2)29-22(27)16-6-8-18(23)9-7-16/h5-10,12-13H,3-4,11H2,1-2H3,(H,25,26)/b17-12+. The molecule has 2 aromatic rings. The Kier molecular flexibility index (Phi) is 7.92. The maximum Gasteiger partial charge on any atom is 0.343 e. The number of carbonyl (C=O) groups excluding carboxylic acids is 2. The van der Waals surface area contributed by atoms with Crippen LogP contribution in [0.5, 0.6) is 11.5 Å². The normalized spacial score (nSPS) is 10.8. The fourth-order valence-corrected chi connectivity index (χ4v) is 2.39. The molecular formula is C22H21FN2O4. The molecule has 0 radical (unpaired) electrons. The molecule has 2 rings (SSSR count). The predicted octanol–water partition coefficient (Wildman–Crippen LogP) is 3.88. The number of carbonyl (C=O) groups is 2. The smallest absolute Gasteiger partial charge is 0.343 e.